The second-order valence-electron chi connectivity index (χ2n) is 7.07. The minimum atomic E-state index is -0.664. The van der Waals surface area contributed by atoms with E-state index in [9.17, 15) is 4.39 Å². The van der Waals surface area contributed by atoms with Gasteiger partial charge in [0.2, 0.25) is 0 Å². The van der Waals surface area contributed by atoms with Crippen molar-refractivity contribution in [2.24, 2.45) is 5.92 Å². The summed E-state index contributed by atoms with van der Waals surface area (Å²) in [6.07, 6.45) is 5.22. The van der Waals surface area contributed by atoms with Crippen LogP contribution in [0, 0.1) is 17.6 Å². The van der Waals surface area contributed by atoms with Crippen molar-refractivity contribution in [2.75, 3.05) is 13.1 Å². The van der Waals surface area contributed by atoms with E-state index in [1.165, 1.54) is 18.9 Å². The molecule has 2 aromatic carbocycles. The summed E-state index contributed by atoms with van der Waals surface area (Å²) in [6, 6.07) is 11.7. The Morgan fingerprint density at radius 3 is 2.50 bits per heavy atom. The number of hydrogen-bond acceptors (Lipinski definition) is 2. The average Bonchev–Trinajstić information content (AvgIpc) is 2.68. The van der Waals surface area contributed by atoms with E-state index in [1.54, 1.807) is 30.3 Å². The number of para-hydroxylation sites is 1. The standard InChI is InChI=1S/C22H27F2NO/c1-2-17(9-8-16-12-14-25-15-13-16)19-10-11-20(23)22(21(19)24)26-18-6-4-3-5-7-18/h3-7,10-11,16-17,25H,2,8-9,12-15H2,1H3. The zero-order chi connectivity index (χ0) is 18.4. The molecule has 0 amide bonds. The first kappa shape index (κ1) is 18.8. The van der Waals surface area contributed by atoms with Crippen LogP contribution in [0.5, 0.6) is 11.5 Å². The van der Waals surface area contributed by atoms with Crippen LogP contribution in [-0.4, -0.2) is 13.1 Å². The van der Waals surface area contributed by atoms with E-state index in [0.717, 1.165) is 32.4 Å². The van der Waals surface area contributed by atoms with Gasteiger partial charge in [-0.25, -0.2) is 8.78 Å². The van der Waals surface area contributed by atoms with Crippen LogP contribution < -0.4 is 10.1 Å². The molecule has 1 fully saturated rings. The van der Waals surface area contributed by atoms with Gasteiger partial charge in [-0.1, -0.05) is 31.2 Å². The van der Waals surface area contributed by atoms with E-state index in [-0.39, 0.29) is 11.7 Å². The summed E-state index contributed by atoms with van der Waals surface area (Å²) in [5, 5.41) is 3.38. The molecule has 1 atom stereocenters. The van der Waals surface area contributed by atoms with Gasteiger partial charge in [0.05, 0.1) is 0 Å². The Balaban J connectivity index is 1.76. The molecular weight excluding hydrogens is 332 g/mol. The molecule has 0 aliphatic carbocycles. The normalized spacial score (nSPS) is 16.4. The zero-order valence-electron chi connectivity index (χ0n) is 15.3. The number of nitrogens with one attached hydrogen (secondary N) is 1. The summed E-state index contributed by atoms with van der Waals surface area (Å²) < 4.78 is 34.7. The number of piperidine rings is 1. The van der Waals surface area contributed by atoms with Crippen molar-refractivity contribution in [1.29, 1.82) is 0 Å². The molecule has 0 aromatic heterocycles. The molecule has 0 radical (unpaired) electrons. The van der Waals surface area contributed by atoms with Crippen molar-refractivity contribution in [1.82, 2.24) is 5.32 Å². The Labute approximate surface area is 154 Å². The third-order valence-corrected chi connectivity index (χ3v) is 5.36. The molecule has 4 heteroatoms. The van der Waals surface area contributed by atoms with E-state index >= 15 is 4.39 Å². The molecule has 0 saturated carbocycles. The van der Waals surface area contributed by atoms with Gasteiger partial charge in [-0.2, -0.15) is 0 Å². The minimum Gasteiger partial charge on any atom is -0.451 e. The van der Waals surface area contributed by atoms with E-state index in [2.05, 4.69) is 12.2 Å². The van der Waals surface area contributed by atoms with Crippen LogP contribution in [0.4, 0.5) is 8.78 Å². The monoisotopic (exact) mass is 359 g/mol. The van der Waals surface area contributed by atoms with Gasteiger partial charge in [0, 0.05) is 0 Å². The molecule has 1 aliphatic rings. The van der Waals surface area contributed by atoms with Gasteiger partial charge in [0.25, 0.3) is 0 Å². The predicted octanol–water partition coefficient (Wildman–Crippen LogP) is 6.03. The highest BCUT2D eigenvalue weighted by molar-refractivity contribution is 5.38. The summed E-state index contributed by atoms with van der Waals surface area (Å²) in [7, 11) is 0. The highest BCUT2D eigenvalue weighted by Crippen LogP contribution is 2.36. The van der Waals surface area contributed by atoms with Crippen LogP contribution in [0.1, 0.15) is 50.5 Å². The number of ether oxygens (including phenoxy) is 1. The lowest BCUT2D eigenvalue weighted by Gasteiger charge is -2.25. The summed E-state index contributed by atoms with van der Waals surface area (Å²) in [4.78, 5) is 0. The van der Waals surface area contributed by atoms with Gasteiger partial charge in [0.15, 0.2) is 17.4 Å². The summed E-state index contributed by atoms with van der Waals surface area (Å²) in [5.41, 5.74) is 0.564. The van der Waals surface area contributed by atoms with Crippen LogP contribution in [0.25, 0.3) is 0 Å². The van der Waals surface area contributed by atoms with Crippen LogP contribution >= 0.6 is 0 Å². The van der Waals surface area contributed by atoms with Crippen molar-refractivity contribution in [3.05, 3.63) is 59.7 Å². The molecular formula is C22H27F2NO. The topological polar surface area (TPSA) is 21.3 Å². The molecule has 1 N–H and O–H groups in total. The SMILES string of the molecule is CCC(CCC1CCNCC1)c1ccc(F)c(Oc2ccccc2)c1F. The van der Waals surface area contributed by atoms with Gasteiger partial charge < -0.3 is 10.1 Å². The summed E-state index contributed by atoms with van der Waals surface area (Å²) >= 11 is 0. The molecule has 1 aliphatic heterocycles. The van der Waals surface area contributed by atoms with E-state index in [4.69, 9.17) is 4.74 Å². The fraction of sp³-hybridized carbons (Fsp3) is 0.455. The van der Waals surface area contributed by atoms with Gasteiger partial charge in [-0.3, -0.25) is 0 Å². The molecule has 1 heterocycles. The highest BCUT2D eigenvalue weighted by atomic mass is 19.1. The van der Waals surface area contributed by atoms with Gasteiger partial charge in [0.1, 0.15) is 5.75 Å². The van der Waals surface area contributed by atoms with Crippen molar-refractivity contribution in [3.8, 4) is 11.5 Å². The highest BCUT2D eigenvalue weighted by Gasteiger charge is 2.23. The molecule has 1 unspecified atom stereocenters. The fourth-order valence-electron chi connectivity index (χ4n) is 3.75. The zero-order valence-corrected chi connectivity index (χ0v) is 15.3. The Hall–Kier alpha value is -1.94. The molecule has 26 heavy (non-hydrogen) atoms. The Morgan fingerprint density at radius 1 is 1.08 bits per heavy atom. The molecule has 140 valence electrons. The Bertz CT molecular complexity index is 699. The lowest BCUT2D eigenvalue weighted by atomic mass is 9.85. The van der Waals surface area contributed by atoms with E-state index in [0.29, 0.717) is 17.2 Å². The van der Waals surface area contributed by atoms with Crippen molar-refractivity contribution in [3.63, 3.8) is 0 Å². The smallest absolute Gasteiger partial charge is 0.198 e. The maximum Gasteiger partial charge on any atom is 0.198 e. The van der Waals surface area contributed by atoms with Crippen molar-refractivity contribution in [2.45, 2.75) is 44.9 Å². The van der Waals surface area contributed by atoms with Crippen molar-refractivity contribution < 1.29 is 13.5 Å². The third kappa shape index (κ3) is 4.61. The largest absolute Gasteiger partial charge is 0.451 e. The summed E-state index contributed by atoms with van der Waals surface area (Å²) in [6.45, 7) is 4.20. The Morgan fingerprint density at radius 2 is 1.81 bits per heavy atom. The molecule has 0 bridgehead atoms. The van der Waals surface area contributed by atoms with Crippen LogP contribution in [0.15, 0.2) is 42.5 Å². The molecule has 1 saturated heterocycles. The van der Waals surface area contributed by atoms with Gasteiger partial charge >= 0.3 is 0 Å². The minimum absolute atomic E-state index is 0.0867. The second-order valence-corrected chi connectivity index (χ2v) is 7.07. The number of hydrogen-bond donors (Lipinski definition) is 1. The number of benzene rings is 2. The quantitative estimate of drug-likeness (QED) is 0.651. The lowest BCUT2D eigenvalue weighted by molar-refractivity contribution is 0.332. The van der Waals surface area contributed by atoms with Gasteiger partial charge in [-0.05, 0) is 80.8 Å². The molecule has 2 aromatic rings. The maximum atomic E-state index is 15.0. The second kappa shape index (κ2) is 9.13. The first-order valence-corrected chi connectivity index (χ1v) is 9.60. The van der Waals surface area contributed by atoms with Crippen LogP contribution in [0.3, 0.4) is 0 Å². The first-order valence-electron chi connectivity index (χ1n) is 9.60. The van der Waals surface area contributed by atoms with Crippen molar-refractivity contribution >= 4 is 0 Å². The van der Waals surface area contributed by atoms with Crippen LogP contribution in [0.2, 0.25) is 0 Å². The average molecular weight is 359 g/mol. The molecule has 0 spiro atoms. The number of rotatable bonds is 7. The van der Waals surface area contributed by atoms with E-state index < -0.39 is 11.6 Å². The molecule has 3 rings (SSSR count). The maximum absolute atomic E-state index is 15.0. The first-order chi connectivity index (χ1) is 12.7. The molecule has 2 nitrogen and oxygen atoms in total. The van der Waals surface area contributed by atoms with E-state index in [1.807, 2.05) is 6.07 Å². The predicted molar refractivity (Wildman–Crippen MR) is 101 cm³/mol. The Kier molecular flexibility index (Phi) is 6.62. The number of halogens is 2. The lowest BCUT2D eigenvalue weighted by Crippen LogP contribution is -2.27. The van der Waals surface area contributed by atoms with Crippen LogP contribution in [-0.2, 0) is 0 Å². The fourth-order valence-corrected chi connectivity index (χ4v) is 3.75. The van der Waals surface area contributed by atoms with Gasteiger partial charge in [-0.15, -0.1) is 0 Å². The summed E-state index contributed by atoms with van der Waals surface area (Å²) in [5.74, 6) is -0.300. The third-order valence-electron chi connectivity index (χ3n) is 5.36.